The minimum Gasteiger partial charge on any atom is -0.494 e. The van der Waals surface area contributed by atoms with E-state index in [1.54, 1.807) is 12.1 Å². The van der Waals surface area contributed by atoms with Crippen LogP contribution in [-0.4, -0.2) is 19.1 Å². The molecule has 0 saturated heterocycles. The first-order valence-electron chi connectivity index (χ1n) is 7.70. The van der Waals surface area contributed by atoms with E-state index < -0.39 is 5.82 Å². The third-order valence-corrected chi connectivity index (χ3v) is 3.20. The van der Waals surface area contributed by atoms with Crippen LogP contribution in [0.3, 0.4) is 0 Å². The summed E-state index contributed by atoms with van der Waals surface area (Å²) in [6, 6.07) is 13.5. The lowest BCUT2D eigenvalue weighted by Gasteiger charge is -2.10. The number of hydrogen-bond acceptors (Lipinski definition) is 3. The molecule has 2 aromatic rings. The molecule has 0 aromatic heterocycles. The molecule has 0 saturated carbocycles. The zero-order valence-electron chi connectivity index (χ0n) is 13.1. The Hall–Kier alpha value is -2.56. The quantitative estimate of drug-likeness (QED) is 0.722. The third-order valence-electron chi connectivity index (χ3n) is 3.20. The Balaban J connectivity index is 1.84. The average Bonchev–Trinajstić information content (AvgIpc) is 2.56. The number of anilines is 2. The van der Waals surface area contributed by atoms with Gasteiger partial charge in [-0.3, -0.25) is 4.79 Å². The molecule has 4 nitrogen and oxygen atoms in total. The van der Waals surface area contributed by atoms with Crippen molar-refractivity contribution in [3.05, 3.63) is 54.3 Å². The van der Waals surface area contributed by atoms with Crippen LogP contribution in [0.25, 0.3) is 0 Å². The second-order valence-corrected chi connectivity index (χ2v) is 5.11. The number of unbranched alkanes of at least 4 members (excludes halogenated alkanes) is 1. The molecule has 5 heteroatoms. The number of halogens is 1. The highest BCUT2D eigenvalue weighted by Gasteiger charge is 2.06. The summed E-state index contributed by atoms with van der Waals surface area (Å²) in [6.45, 7) is 2.83. The summed E-state index contributed by atoms with van der Waals surface area (Å²) >= 11 is 0. The zero-order chi connectivity index (χ0) is 16.5. The molecule has 0 atom stereocenters. The normalized spacial score (nSPS) is 10.2. The average molecular weight is 316 g/mol. The summed E-state index contributed by atoms with van der Waals surface area (Å²) < 4.78 is 19.1. The molecule has 2 N–H and O–H groups in total. The maximum absolute atomic E-state index is 13.5. The fraction of sp³-hybridized carbons (Fsp3) is 0.278. The van der Waals surface area contributed by atoms with Gasteiger partial charge in [0.25, 0.3) is 0 Å². The van der Waals surface area contributed by atoms with Crippen molar-refractivity contribution in [3.8, 4) is 5.75 Å². The summed E-state index contributed by atoms with van der Waals surface area (Å²) in [4.78, 5) is 11.9. The summed E-state index contributed by atoms with van der Waals surface area (Å²) in [5.41, 5.74) is 0.957. The number of amides is 1. The van der Waals surface area contributed by atoms with E-state index in [0.717, 1.165) is 24.3 Å². The van der Waals surface area contributed by atoms with Gasteiger partial charge in [0.15, 0.2) is 0 Å². The van der Waals surface area contributed by atoms with E-state index in [9.17, 15) is 9.18 Å². The van der Waals surface area contributed by atoms with Crippen LogP contribution in [0.5, 0.6) is 5.75 Å². The molecule has 0 spiro atoms. The van der Waals surface area contributed by atoms with Crippen LogP contribution in [-0.2, 0) is 4.79 Å². The predicted molar refractivity (Wildman–Crippen MR) is 90.4 cm³/mol. The van der Waals surface area contributed by atoms with Gasteiger partial charge in [0.2, 0.25) is 5.91 Å². The highest BCUT2D eigenvalue weighted by Crippen LogP contribution is 2.18. The Morgan fingerprint density at radius 3 is 2.78 bits per heavy atom. The van der Waals surface area contributed by atoms with E-state index in [1.807, 2.05) is 24.3 Å². The minimum atomic E-state index is -0.452. The molecule has 0 aliphatic rings. The molecule has 2 rings (SSSR count). The minimum absolute atomic E-state index is 0.0484. The number of para-hydroxylation sites is 1. The standard InChI is InChI=1S/C18H21FN2O2/c1-2-3-11-23-15-8-6-7-14(12-15)20-13-18(22)21-17-10-5-4-9-16(17)19/h4-10,12,20H,2-3,11,13H2,1H3,(H,21,22). The summed E-state index contributed by atoms with van der Waals surface area (Å²) in [6.07, 6.45) is 2.08. The highest BCUT2D eigenvalue weighted by molar-refractivity contribution is 5.93. The van der Waals surface area contributed by atoms with Crippen molar-refractivity contribution in [1.82, 2.24) is 0 Å². The van der Waals surface area contributed by atoms with E-state index >= 15 is 0 Å². The molecule has 0 aliphatic carbocycles. The van der Waals surface area contributed by atoms with E-state index in [-0.39, 0.29) is 18.1 Å². The zero-order valence-corrected chi connectivity index (χ0v) is 13.1. The van der Waals surface area contributed by atoms with Gasteiger partial charge in [0.1, 0.15) is 11.6 Å². The van der Waals surface area contributed by atoms with Crippen molar-refractivity contribution >= 4 is 17.3 Å². The maximum Gasteiger partial charge on any atom is 0.243 e. The lowest BCUT2D eigenvalue weighted by molar-refractivity contribution is -0.114. The monoisotopic (exact) mass is 316 g/mol. The lowest BCUT2D eigenvalue weighted by Crippen LogP contribution is -2.22. The van der Waals surface area contributed by atoms with Crippen LogP contribution in [0.15, 0.2) is 48.5 Å². The first-order valence-corrected chi connectivity index (χ1v) is 7.70. The summed E-state index contributed by atoms with van der Waals surface area (Å²) in [5, 5.41) is 5.53. The molecule has 0 fully saturated rings. The van der Waals surface area contributed by atoms with Crippen molar-refractivity contribution in [3.63, 3.8) is 0 Å². The van der Waals surface area contributed by atoms with E-state index in [2.05, 4.69) is 17.6 Å². The number of nitrogens with one attached hydrogen (secondary N) is 2. The van der Waals surface area contributed by atoms with E-state index in [4.69, 9.17) is 4.74 Å². The Labute approximate surface area is 135 Å². The molecule has 23 heavy (non-hydrogen) atoms. The molecule has 0 radical (unpaired) electrons. The van der Waals surface area contributed by atoms with Gasteiger partial charge < -0.3 is 15.4 Å². The van der Waals surface area contributed by atoms with Gasteiger partial charge in [0.05, 0.1) is 18.8 Å². The predicted octanol–water partition coefficient (Wildman–Crippen LogP) is 4.06. The third kappa shape index (κ3) is 5.62. The fourth-order valence-corrected chi connectivity index (χ4v) is 1.97. The van der Waals surface area contributed by atoms with Crippen LogP contribution < -0.4 is 15.4 Å². The van der Waals surface area contributed by atoms with Gasteiger partial charge >= 0.3 is 0 Å². The molecule has 0 unspecified atom stereocenters. The first-order chi connectivity index (χ1) is 11.2. The second-order valence-electron chi connectivity index (χ2n) is 5.11. The molecule has 1 amide bonds. The van der Waals surface area contributed by atoms with Gasteiger partial charge in [-0.1, -0.05) is 31.5 Å². The highest BCUT2D eigenvalue weighted by atomic mass is 19.1. The number of carbonyl (C=O) groups is 1. The van der Waals surface area contributed by atoms with E-state index in [0.29, 0.717) is 6.61 Å². The molecule has 2 aromatic carbocycles. The first kappa shape index (κ1) is 16.8. The molecule has 0 aliphatic heterocycles. The van der Waals surface area contributed by atoms with Crippen molar-refractivity contribution in [2.45, 2.75) is 19.8 Å². The van der Waals surface area contributed by atoms with Crippen LogP contribution in [0.1, 0.15) is 19.8 Å². The van der Waals surface area contributed by atoms with Crippen LogP contribution in [0, 0.1) is 5.82 Å². The van der Waals surface area contributed by atoms with Crippen molar-refractivity contribution in [2.75, 3.05) is 23.8 Å². The summed E-state index contributed by atoms with van der Waals surface area (Å²) in [5.74, 6) is -0.00228. The Kier molecular flexibility index (Phi) is 6.41. The van der Waals surface area contributed by atoms with Crippen LogP contribution in [0.2, 0.25) is 0 Å². The second kappa shape index (κ2) is 8.78. The number of carbonyl (C=O) groups excluding carboxylic acids is 1. The van der Waals surface area contributed by atoms with Gasteiger partial charge in [-0.05, 0) is 30.7 Å². The van der Waals surface area contributed by atoms with Gasteiger partial charge in [-0.2, -0.15) is 0 Å². The van der Waals surface area contributed by atoms with Crippen molar-refractivity contribution < 1.29 is 13.9 Å². The van der Waals surface area contributed by atoms with Crippen LogP contribution in [0.4, 0.5) is 15.8 Å². The fourth-order valence-electron chi connectivity index (χ4n) is 1.97. The number of hydrogen-bond donors (Lipinski definition) is 2. The van der Waals surface area contributed by atoms with Crippen LogP contribution >= 0.6 is 0 Å². The Morgan fingerprint density at radius 1 is 1.17 bits per heavy atom. The van der Waals surface area contributed by atoms with Gasteiger partial charge in [-0.15, -0.1) is 0 Å². The molecule has 122 valence electrons. The van der Waals surface area contributed by atoms with Crippen molar-refractivity contribution in [1.29, 1.82) is 0 Å². The molecular weight excluding hydrogens is 295 g/mol. The van der Waals surface area contributed by atoms with Gasteiger partial charge in [0, 0.05) is 11.8 Å². The number of rotatable bonds is 8. The lowest BCUT2D eigenvalue weighted by atomic mass is 10.3. The topological polar surface area (TPSA) is 50.4 Å². The molecule has 0 bridgehead atoms. The smallest absolute Gasteiger partial charge is 0.243 e. The Morgan fingerprint density at radius 2 is 2.00 bits per heavy atom. The number of benzene rings is 2. The van der Waals surface area contributed by atoms with Crippen molar-refractivity contribution in [2.24, 2.45) is 0 Å². The Bertz CT molecular complexity index is 646. The largest absolute Gasteiger partial charge is 0.494 e. The van der Waals surface area contributed by atoms with E-state index in [1.165, 1.54) is 12.1 Å². The molecular formula is C18H21FN2O2. The maximum atomic E-state index is 13.5. The van der Waals surface area contributed by atoms with Gasteiger partial charge in [-0.25, -0.2) is 4.39 Å². The summed E-state index contributed by atoms with van der Waals surface area (Å²) in [7, 11) is 0. The SMILES string of the molecule is CCCCOc1cccc(NCC(=O)Nc2ccccc2F)c1. The number of ether oxygens (including phenoxy) is 1. The molecule has 0 heterocycles.